The SMILES string of the molecule is [OH-].[OH-].[OH-].[Zn+2]. The Hall–Kier alpha value is 0.503. The van der Waals surface area contributed by atoms with Gasteiger partial charge in [0.2, 0.25) is 0 Å². The van der Waals surface area contributed by atoms with Crippen molar-refractivity contribution in [3.05, 3.63) is 0 Å². The molecule has 4 heavy (non-hydrogen) atoms. The largest absolute Gasteiger partial charge is 2.00 e. The Labute approximate surface area is 36.7 Å². The van der Waals surface area contributed by atoms with Crippen molar-refractivity contribution >= 4 is 0 Å². The number of hydrogen-bond acceptors (Lipinski definition) is 3. The van der Waals surface area contributed by atoms with Crippen LogP contribution in [0.5, 0.6) is 0 Å². The van der Waals surface area contributed by atoms with E-state index in [1.165, 1.54) is 0 Å². The van der Waals surface area contributed by atoms with Gasteiger partial charge in [0, 0.05) is 0 Å². The second-order valence-electron chi connectivity index (χ2n) is 0. The van der Waals surface area contributed by atoms with Gasteiger partial charge in [-0.3, -0.25) is 0 Å². The van der Waals surface area contributed by atoms with Crippen LogP contribution in [0, 0.1) is 0 Å². The molecule has 24 valence electrons. The molecule has 0 atom stereocenters. The molecular formula is H3O3Zn-. The molecule has 0 heterocycles. The maximum atomic E-state index is 0. The molecule has 0 aliphatic rings. The fraction of sp³-hybridized carbons (Fsp3) is 0. The fourth-order valence-electron chi connectivity index (χ4n) is 0. The van der Waals surface area contributed by atoms with Gasteiger partial charge in [-0.1, -0.05) is 0 Å². The van der Waals surface area contributed by atoms with E-state index in [1.54, 1.807) is 0 Å². The molecule has 4 heteroatoms. The van der Waals surface area contributed by atoms with Crippen LogP contribution in [0.25, 0.3) is 0 Å². The predicted molar refractivity (Wildman–Crippen MR) is 5.81 cm³/mol. The van der Waals surface area contributed by atoms with E-state index in [0.717, 1.165) is 0 Å². The van der Waals surface area contributed by atoms with Crippen molar-refractivity contribution in [1.29, 1.82) is 0 Å². The van der Waals surface area contributed by atoms with Crippen molar-refractivity contribution in [2.45, 2.75) is 0 Å². The first-order valence-corrected chi connectivity index (χ1v) is 0. The summed E-state index contributed by atoms with van der Waals surface area (Å²) in [5.74, 6) is 0. The second-order valence-corrected chi connectivity index (χ2v) is 0. The van der Waals surface area contributed by atoms with Crippen LogP contribution in [-0.2, 0) is 19.5 Å². The third kappa shape index (κ3) is 22.3. The second kappa shape index (κ2) is 86.6. The van der Waals surface area contributed by atoms with E-state index in [1.807, 2.05) is 0 Å². The van der Waals surface area contributed by atoms with Crippen LogP contribution < -0.4 is 0 Å². The molecule has 0 fully saturated rings. The quantitative estimate of drug-likeness (QED) is 0.398. The smallest absolute Gasteiger partial charge is 0.870 e. The first-order valence-electron chi connectivity index (χ1n) is 0. The van der Waals surface area contributed by atoms with Gasteiger partial charge in [0.1, 0.15) is 0 Å². The molecule has 3 nitrogen and oxygen atoms in total. The van der Waals surface area contributed by atoms with E-state index in [2.05, 4.69) is 0 Å². The first-order chi connectivity index (χ1) is 0. The van der Waals surface area contributed by atoms with Gasteiger partial charge in [0.05, 0.1) is 0 Å². The van der Waals surface area contributed by atoms with Gasteiger partial charge in [-0.05, 0) is 0 Å². The van der Waals surface area contributed by atoms with Crippen molar-refractivity contribution in [2.24, 2.45) is 0 Å². The monoisotopic (exact) mass is 115 g/mol. The summed E-state index contributed by atoms with van der Waals surface area (Å²) in [5.41, 5.74) is 0. The summed E-state index contributed by atoms with van der Waals surface area (Å²) in [6, 6.07) is 0. The van der Waals surface area contributed by atoms with Crippen LogP contribution in [-0.4, -0.2) is 16.4 Å². The molecule has 0 aromatic rings. The summed E-state index contributed by atoms with van der Waals surface area (Å²) >= 11 is 0. The topological polar surface area (TPSA) is 90.0 Å². The van der Waals surface area contributed by atoms with E-state index in [4.69, 9.17) is 0 Å². The van der Waals surface area contributed by atoms with Gasteiger partial charge in [-0.2, -0.15) is 0 Å². The van der Waals surface area contributed by atoms with Gasteiger partial charge in [-0.15, -0.1) is 0 Å². The van der Waals surface area contributed by atoms with Gasteiger partial charge >= 0.3 is 19.5 Å². The molecule has 0 aromatic heterocycles. The van der Waals surface area contributed by atoms with Crippen molar-refractivity contribution in [3.63, 3.8) is 0 Å². The van der Waals surface area contributed by atoms with Gasteiger partial charge in [0.25, 0.3) is 0 Å². The molecule has 0 radical (unpaired) electrons. The summed E-state index contributed by atoms with van der Waals surface area (Å²) in [6.07, 6.45) is 0. The standard InChI is InChI=1S/3H2O.Zn/h3*1H2;/q;;;+2/p-3. The zero-order chi connectivity index (χ0) is 0. The van der Waals surface area contributed by atoms with E-state index in [9.17, 15) is 0 Å². The number of hydrogen-bond donors (Lipinski definition) is 0. The molecule has 0 aromatic carbocycles. The molecule has 0 saturated carbocycles. The van der Waals surface area contributed by atoms with Crippen LogP contribution in [0.15, 0.2) is 0 Å². The average molecular weight is 116 g/mol. The zero-order valence-electron chi connectivity index (χ0n) is 2.05. The summed E-state index contributed by atoms with van der Waals surface area (Å²) in [6.45, 7) is 0. The van der Waals surface area contributed by atoms with Crippen molar-refractivity contribution in [2.75, 3.05) is 0 Å². The average Bonchev–Trinajstić information content (AvgIpc) is 0. The third-order valence-electron chi connectivity index (χ3n) is 0. The molecule has 0 rings (SSSR count). The molecule has 0 aliphatic heterocycles. The van der Waals surface area contributed by atoms with Crippen molar-refractivity contribution in [1.82, 2.24) is 0 Å². The summed E-state index contributed by atoms with van der Waals surface area (Å²) in [7, 11) is 0. The normalized spacial score (nSPS) is 0. The Balaban J connectivity index is 0. The van der Waals surface area contributed by atoms with Crippen molar-refractivity contribution in [3.8, 4) is 0 Å². The molecule has 0 unspecified atom stereocenters. The predicted octanol–water partition coefficient (Wildman–Crippen LogP) is -0.533. The van der Waals surface area contributed by atoms with E-state index in [0.29, 0.717) is 0 Å². The minimum absolute atomic E-state index is 0. The van der Waals surface area contributed by atoms with E-state index < -0.39 is 0 Å². The Morgan fingerprint density at radius 1 is 0.500 bits per heavy atom. The van der Waals surface area contributed by atoms with E-state index in [-0.39, 0.29) is 35.9 Å². The van der Waals surface area contributed by atoms with Crippen LogP contribution in [0.2, 0.25) is 0 Å². The van der Waals surface area contributed by atoms with Crippen LogP contribution in [0.1, 0.15) is 0 Å². The molecule has 0 bridgehead atoms. The van der Waals surface area contributed by atoms with Gasteiger partial charge in [-0.25, -0.2) is 0 Å². The van der Waals surface area contributed by atoms with Crippen molar-refractivity contribution < 1.29 is 35.9 Å². The van der Waals surface area contributed by atoms with Crippen LogP contribution in [0.3, 0.4) is 0 Å². The summed E-state index contributed by atoms with van der Waals surface area (Å²) in [4.78, 5) is 0. The molecule has 3 N–H and O–H groups in total. The molecular weight excluding hydrogens is 113 g/mol. The molecule has 0 spiro atoms. The maximum Gasteiger partial charge on any atom is 2.00 e. The fourth-order valence-corrected chi connectivity index (χ4v) is 0. The van der Waals surface area contributed by atoms with Gasteiger partial charge < -0.3 is 16.4 Å². The molecule has 0 amide bonds. The summed E-state index contributed by atoms with van der Waals surface area (Å²) in [5, 5.41) is 0. The Morgan fingerprint density at radius 3 is 0.500 bits per heavy atom. The molecule has 0 aliphatic carbocycles. The Morgan fingerprint density at radius 2 is 0.500 bits per heavy atom. The van der Waals surface area contributed by atoms with E-state index >= 15 is 0 Å². The van der Waals surface area contributed by atoms with Gasteiger partial charge in [0.15, 0.2) is 0 Å². The Kier molecular flexibility index (Phi) is 4730. The maximum absolute atomic E-state index is 0. The summed E-state index contributed by atoms with van der Waals surface area (Å²) < 4.78 is 0. The zero-order valence-corrected chi connectivity index (χ0v) is 5.02. The minimum atomic E-state index is 0. The minimum Gasteiger partial charge on any atom is -0.870 e. The first kappa shape index (κ1) is 218. The van der Waals surface area contributed by atoms with Crippen LogP contribution >= 0.6 is 0 Å². The van der Waals surface area contributed by atoms with Crippen LogP contribution in [0.4, 0.5) is 0 Å². The molecule has 0 saturated heterocycles. The third-order valence-corrected chi connectivity index (χ3v) is 0. The number of rotatable bonds is 0. The Bertz CT molecular complexity index is 3.25.